The monoisotopic (exact) mass is 347 g/mol. The van der Waals surface area contributed by atoms with Crippen LogP contribution in [0.2, 0.25) is 5.28 Å². The molecule has 0 amide bonds. The van der Waals surface area contributed by atoms with E-state index in [1.165, 1.54) is 0 Å². The van der Waals surface area contributed by atoms with Crippen molar-refractivity contribution in [2.75, 3.05) is 9.62 Å². The average molecular weight is 348 g/mol. The molecule has 0 aliphatic heterocycles. The zero-order valence-electron chi connectivity index (χ0n) is 13.2. The van der Waals surface area contributed by atoms with E-state index in [1.54, 1.807) is 0 Å². The summed E-state index contributed by atoms with van der Waals surface area (Å²) in [5, 5.41) is 4.50. The van der Waals surface area contributed by atoms with Crippen molar-refractivity contribution in [1.29, 1.82) is 0 Å². The number of aryl methyl sites for hydroxylation is 1. The Labute approximate surface area is 145 Å². The maximum Gasteiger partial charge on any atom is 0.226 e. The number of halogens is 1. The smallest absolute Gasteiger partial charge is 0.226 e. The van der Waals surface area contributed by atoms with Gasteiger partial charge in [-0.3, -0.25) is 0 Å². The Balaban J connectivity index is 2.07. The first kappa shape index (κ1) is 16.0. The van der Waals surface area contributed by atoms with Crippen molar-refractivity contribution in [3.05, 3.63) is 41.8 Å². The van der Waals surface area contributed by atoms with Crippen molar-refractivity contribution < 1.29 is 0 Å². The fourth-order valence-corrected chi connectivity index (χ4v) is 2.73. The largest absolute Gasteiger partial charge is 0.338 e. The molecular weight excluding hydrogens is 330 g/mol. The number of rotatable bonds is 4. The van der Waals surface area contributed by atoms with Crippen molar-refractivity contribution in [3.8, 4) is 0 Å². The first-order valence-electron chi connectivity index (χ1n) is 7.30. The average Bonchev–Trinajstić information content (AvgIpc) is 2.88. The van der Waals surface area contributed by atoms with Gasteiger partial charge in [0.25, 0.3) is 0 Å². The maximum absolute atomic E-state index is 6.07. The molecule has 5 nitrogen and oxygen atoms in total. The molecule has 2 heterocycles. The second-order valence-electron chi connectivity index (χ2n) is 5.59. The first-order chi connectivity index (χ1) is 11.0. The molecule has 0 aliphatic rings. The van der Waals surface area contributed by atoms with Crippen molar-refractivity contribution in [2.24, 2.45) is 7.05 Å². The maximum atomic E-state index is 6.07. The zero-order valence-corrected chi connectivity index (χ0v) is 14.8. The number of nitrogens with zero attached hydrogens (tertiary/aromatic N) is 4. The van der Waals surface area contributed by atoms with Crippen LogP contribution < -0.4 is 9.62 Å². The molecule has 0 atom stereocenters. The van der Waals surface area contributed by atoms with E-state index in [2.05, 4.69) is 41.9 Å². The molecule has 0 unspecified atom stereocenters. The van der Waals surface area contributed by atoms with Crippen LogP contribution >= 0.6 is 24.4 Å². The van der Waals surface area contributed by atoms with Crippen LogP contribution in [0.4, 0.5) is 17.2 Å². The highest BCUT2D eigenvalue weighted by atomic mass is 35.5. The third-order valence-corrected chi connectivity index (χ3v) is 4.44. The van der Waals surface area contributed by atoms with Crippen molar-refractivity contribution >= 4 is 52.6 Å². The van der Waals surface area contributed by atoms with Crippen LogP contribution in [0.25, 0.3) is 11.0 Å². The van der Waals surface area contributed by atoms with Gasteiger partial charge in [-0.05, 0) is 43.6 Å². The molecule has 7 heteroatoms. The van der Waals surface area contributed by atoms with Gasteiger partial charge in [0.1, 0.15) is 11.5 Å². The Morgan fingerprint density at radius 3 is 2.70 bits per heavy atom. The van der Waals surface area contributed by atoms with Gasteiger partial charge in [-0.15, -0.1) is 0 Å². The van der Waals surface area contributed by atoms with Crippen LogP contribution in [-0.4, -0.2) is 20.6 Å². The summed E-state index contributed by atoms with van der Waals surface area (Å²) in [5.41, 5.74) is 2.68. The predicted molar refractivity (Wildman–Crippen MR) is 99.8 cm³/mol. The SMILES string of the molecule is CC(C)N(S)c1ccccc1Nc1nc(Cl)nc2c1ccn2C. The lowest BCUT2D eigenvalue weighted by Crippen LogP contribution is -2.20. The summed E-state index contributed by atoms with van der Waals surface area (Å²) >= 11 is 10.6. The minimum absolute atomic E-state index is 0.214. The highest BCUT2D eigenvalue weighted by Crippen LogP contribution is 2.33. The zero-order chi connectivity index (χ0) is 16.6. The molecule has 120 valence electrons. The molecule has 2 aromatic heterocycles. The van der Waals surface area contributed by atoms with Crippen LogP contribution in [0.15, 0.2) is 36.5 Å². The molecule has 0 saturated carbocycles. The van der Waals surface area contributed by atoms with Crippen LogP contribution in [-0.2, 0) is 7.05 Å². The van der Waals surface area contributed by atoms with Gasteiger partial charge in [0.05, 0.1) is 16.8 Å². The molecule has 0 aliphatic carbocycles. The van der Waals surface area contributed by atoms with E-state index < -0.39 is 0 Å². The Bertz CT molecular complexity index is 846. The Hall–Kier alpha value is -1.92. The standard InChI is InChI=1S/C16H18ClN5S/c1-10(2)22(23)13-7-5-4-6-12(13)18-14-11-8-9-21(3)15(11)20-16(17)19-14/h4-10,23H,1-3H3,(H,18,19,20). The van der Waals surface area contributed by atoms with Gasteiger partial charge in [0.15, 0.2) is 0 Å². The molecule has 0 saturated heterocycles. The van der Waals surface area contributed by atoms with Gasteiger partial charge in [-0.2, -0.15) is 9.97 Å². The van der Waals surface area contributed by atoms with E-state index in [0.717, 1.165) is 22.4 Å². The summed E-state index contributed by atoms with van der Waals surface area (Å²) in [6, 6.07) is 10.2. The minimum atomic E-state index is 0.214. The second-order valence-corrected chi connectivity index (χ2v) is 6.35. The summed E-state index contributed by atoms with van der Waals surface area (Å²) in [6.07, 6.45) is 1.94. The number of aromatic nitrogens is 3. The number of benzene rings is 1. The minimum Gasteiger partial charge on any atom is -0.338 e. The van der Waals surface area contributed by atoms with Gasteiger partial charge in [-0.25, -0.2) is 0 Å². The number of thiol groups is 1. The van der Waals surface area contributed by atoms with Gasteiger partial charge >= 0.3 is 0 Å². The summed E-state index contributed by atoms with van der Waals surface area (Å²) in [4.78, 5) is 8.62. The highest BCUT2D eigenvalue weighted by Gasteiger charge is 2.14. The number of nitrogens with one attached hydrogen (secondary N) is 1. The van der Waals surface area contributed by atoms with Crippen LogP contribution in [0.3, 0.4) is 0 Å². The van der Waals surface area contributed by atoms with Crippen molar-refractivity contribution in [2.45, 2.75) is 19.9 Å². The molecule has 0 radical (unpaired) electrons. The number of hydrogen-bond acceptors (Lipinski definition) is 5. The van der Waals surface area contributed by atoms with E-state index in [4.69, 9.17) is 11.6 Å². The molecule has 0 spiro atoms. The fourth-order valence-electron chi connectivity index (χ4n) is 2.39. The number of anilines is 3. The lowest BCUT2D eigenvalue weighted by molar-refractivity contribution is 0.841. The van der Waals surface area contributed by atoms with Crippen LogP contribution in [0.5, 0.6) is 0 Å². The number of fused-ring (bicyclic) bond motifs is 1. The fraction of sp³-hybridized carbons (Fsp3) is 0.250. The van der Waals surface area contributed by atoms with Crippen LogP contribution in [0, 0.1) is 0 Å². The Kier molecular flexibility index (Phi) is 4.37. The van der Waals surface area contributed by atoms with Gasteiger partial charge in [0, 0.05) is 19.3 Å². The van der Waals surface area contributed by atoms with Gasteiger partial charge in [-0.1, -0.05) is 24.9 Å². The molecule has 1 N–H and O–H groups in total. The van der Waals surface area contributed by atoms with Crippen LogP contribution in [0.1, 0.15) is 13.8 Å². The molecule has 3 aromatic rings. The van der Waals surface area contributed by atoms with E-state index in [1.807, 2.05) is 52.4 Å². The molecule has 0 fully saturated rings. The normalized spacial score (nSPS) is 11.2. The molecule has 23 heavy (non-hydrogen) atoms. The predicted octanol–water partition coefficient (Wildman–Crippen LogP) is 4.42. The van der Waals surface area contributed by atoms with E-state index in [0.29, 0.717) is 5.82 Å². The molecule has 1 aromatic carbocycles. The third kappa shape index (κ3) is 3.09. The first-order valence-corrected chi connectivity index (χ1v) is 8.08. The lowest BCUT2D eigenvalue weighted by Gasteiger charge is -2.25. The van der Waals surface area contributed by atoms with Gasteiger partial charge in [0.2, 0.25) is 5.28 Å². The second kappa shape index (κ2) is 6.29. The molecule has 3 rings (SSSR count). The topological polar surface area (TPSA) is 46.0 Å². The molecular formula is C16H18ClN5S. The third-order valence-electron chi connectivity index (χ3n) is 3.59. The van der Waals surface area contributed by atoms with E-state index >= 15 is 0 Å². The van der Waals surface area contributed by atoms with Crippen molar-refractivity contribution in [1.82, 2.24) is 14.5 Å². The number of para-hydroxylation sites is 2. The lowest BCUT2D eigenvalue weighted by atomic mass is 10.2. The Morgan fingerprint density at radius 2 is 1.96 bits per heavy atom. The summed E-state index contributed by atoms with van der Waals surface area (Å²) in [7, 11) is 1.93. The van der Waals surface area contributed by atoms with E-state index in [9.17, 15) is 0 Å². The molecule has 0 bridgehead atoms. The summed E-state index contributed by atoms with van der Waals surface area (Å²) in [6.45, 7) is 4.17. The quantitative estimate of drug-likeness (QED) is 0.541. The number of hydrogen-bond donors (Lipinski definition) is 2. The van der Waals surface area contributed by atoms with Gasteiger partial charge < -0.3 is 14.2 Å². The highest BCUT2D eigenvalue weighted by molar-refractivity contribution is 7.81. The van der Waals surface area contributed by atoms with Crippen molar-refractivity contribution in [3.63, 3.8) is 0 Å². The summed E-state index contributed by atoms with van der Waals surface area (Å²) < 4.78 is 3.83. The van der Waals surface area contributed by atoms with E-state index in [-0.39, 0.29) is 11.3 Å². The summed E-state index contributed by atoms with van der Waals surface area (Å²) in [5.74, 6) is 0.679. The Morgan fingerprint density at radius 1 is 1.22 bits per heavy atom.